The molecule has 0 bridgehead atoms. The second-order valence-electron chi connectivity index (χ2n) is 5.84. The van der Waals surface area contributed by atoms with Crippen LogP contribution >= 0.6 is 11.8 Å². The van der Waals surface area contributed by atoms with Gasteiger partial charge in [0.2, 0.25) is 11.8 Å². The number of carboxylic acid groups (broad SMARTS) is 1. The largest absolute Gasteiger partial charge is 0.478 e. The van der Waals surface area contributed by atoms with Gasteiger partial charge >= 0.3 is 5.97 Å². The lowest BCUT2D eigenvalue weighted by Gasteiger charge is -2.09. The molecule has 27 heavy (non-hydrogen) atoms. The molecule has 2 aromatic rings. The number of hydrogen-bond donors (Lipinski definition) is 3. The zero-order valence-electron chi connectivity index (χ0n) is 15.0. The molecule has 0 aliphatic heterocycles. The molecule has 0 aliphatic rings. The highest BCUT2D eigenvalue weighted by molar-refractivity contribution is 8.00. The van der Waals surface area contributed by atoms with Gasteiger partial charge in [-0.15, -0.1) is 11.8 Å². The van der Waals surface area contributed by atoms with E-state index in [1.54, 1.807) is 18.2 Å². The Labute approximate surface area is 161 Å². The highest BCUT2D eigenvalue weighted by Crippen LogP contribution is 2.22. The molecule has 0 heterocycles. The van der Waals surface area contributed by atoms with E-state index in [1.807, 2.05) is 38.1 Å². The Hall–Kier alpha value is -3.06. The fourth-order valence-corrected chi connectivity index (χ4v) is 3.04. The standard InChI is InChI=1S/C20H20N2O4S/c1-13-6-7-17(14(2)10-13)22-19(24)12-27-16-5-3-4-15(11-16)21-18(23)8-9-20(25)26/h3-11H,12H2,1-2H3,(H,21,23)(H,22,24)(H,25,26)/b9-8+. The zero-order chi connectivity index (χ0) is 19.8. The van der Waals surface area contributed by atoms with E-state index in [1.165, 1.54) is 11.8 Å². The van der Waals surface area contributed by atoms with E-state index in [9.17, 15) is 14.4 Å². The molecule has 0 atom stereocenters. The van der Waals surface area contributed by atoms with Gasteiger partial charge in [0.05, 0.1) is 5.75 Å². The summed E-state index contributed by atoms with van der Waals surface area (Å²) >= 11 is 1.34. The fourth-order valence-electron chi connectivity index (χ4n) is 2.28. The van der Waals surface area contributed by atoms with Crippen LogP contribution in [0.25, 0.3) is 0 Å². The SMILES string of the molecule is Cc1ccc(NC(=O)CSc2cccc(NC(=O)/C=C/C(=O)O)c2)c(C)c1. The average molecular weight is 384 g/mol. The lowest BCUT2D eigenvalue weighted by atomic mass is 10.1. The maximum absolute atomic E-state index is 12.2. The maximum Gasteiger partial charge on any atom is 0.328 e. The van der Waals surface area contributed by atoms with Crippen LogP contribution in [0.2, 0.25) is 0 Å². The zero-order valence-corrected chi connectivity index (χ0v) is 15.8. The second-order valence-corrected chi connectivity index (χ2v) is 6.89. The fraction of sp³-hybridized carbons (Fsp3) is 0.150. The van der Waals surface area contributed by atoms with Gasteiger partial charge in [0.25, 0.3) is 0 Å². The van der Waals surface area contributed by atoms with Crippen LogP contribution in [-0.4, -0.2) is 28.6 Å². The molecule has 0 unspecified atom stereocenters. The molecule has 0 fully saturated rings. The number of carbonyl (C=O) groups excluding carboxylic acids is 2. The van der Waals surface area contributed by atoms with E-state index in [2.05, 4.69) is 10.6 Å². The summed E-state index contributed by atoms with van der Waals surface area (Å²) in [6.45, 7) is 3.94. The van der Waals surface area contributed by atoms with Crippen LogP contribution in [0.15, 0.2) is 59.5 Å². The summed E-state index contributed by atoms with van der Waals surface area (Å²) in [7, 11) is 0. The van der Waals surface area contributed by atoms with Crippen molar-refractivity contribution < 1.29 is 19.5 Å². The quantitative estimate of drug-likeness (QED) is 0.501. The summed E-state index contributed by atoms with van der Waals surface area (Å²) in [5, 5.41) is 14.0. The number of benzene rings is 2. The molecule has 0 aliphatic carbocycles. The molecule has 0 radical (unpaired) electrons. The van der Waals surface area contributed by atoms with E-state index in [4.69, 9.17) is 5.11 Å². The van der Waals surface area contributed by atoms with Crippen molar-refractivity contribution in [1.82, 2.24) is 0 Å². The van der Waals surface area contributed by atoms with Crippen molar-refractivity contribution in [3.05, 3.63) is 65.7 Å². The summed E-state index contributed by atoms with van der Waals surface area (Å²) in [6, 6.07) is 12.8. The Bertz CT molecular complexity index is 893. The highest BCUT2D eigenvalue weighted by atomic mass is 32.2. The molecular formula is C20H20N2O4S. The summed E-state index contributed by atoms with van der Waals surface area (Å²) in [5.41, 5.74) is 3.46. The Morgan fingerprint density at radius 1 is 1.04 bits per heavy atom. The third-order valence-electron chi connectivity index (χ3n) is 3.50. The summed E-state index contributed by atoms with van der Waals surface area (Å²) in [6.07, 6.45) is 1.71. The Morgan fingerprint density at radius 3 is 2.52 bits per heavy atom. The number of hydrogen-bond acceptors (Lipinski definition) is 4. The minimum Gasteiger partial charge on any atom is -0.478 e. The molecule has 0 spiro atoms. The molecule has 2 amide bonds. The van der Waals surface area contributed by atoms with Crippen molar-refractivity contribution in [2.24, 2.45) is 0 Å². The molecule has 140 valence electrons. The van der Waals surface area contributed by atoms with E-state index >= 15 is 0 Å². The molecule has 0 saturated carbocycles. The van der Waals surface area contributed by atoms with Crippen LogP contribution in [0.4, 0.5) is 11.4 Å². The van der Waals surface area contributed by atoms with Gasteiger partial charge < -0.3 is 15.7 Å². The maximum atomic E-state index is 12.2. The first kappa shape index (κ1) is 20.3. The topological polar surface area (TPSA) is 95.5 Å². The Morgan fingerprint density at radius 2 is 1.81 bits per heavy atom. The number of thioether (sulfide) groups is 1. The van der Waals surface area contributed by atoms with Crippen LogP contribution in [0, 0.1) is 13.8 Å². The molecule has 3 N–H and O–H groups in total. The van der Waals surface area contributed by atoms with Crippen molar-refractivity contribution >= 4 is 40.9 Å². The van der Waals surface area contributed by atoms with E-state index in [-0.39, 0.29) is 11.7 Å². The minimum absolute atomic E-state index is 0.120. The monoisotopic (exact) mass is 384 g/mol. The number of aryl methyl sites for hydroxylation is 2. The van der Waals surface area contributed by atoms with E-state index in [0.717, 1.165) is 33.9 Å². The predicted molar refractivity (Wildman–Crippen MR) is 107 cm³/mol. The van der Waals surface area contributed by atoms with Crippen LogP contribution in [0.1, 0.15) is 11.1 Å². The molecule has 6 nitrogen and oxygen atoms in total. The number of aliphatic carboxylic acids is 1. The molecular weight excluding hydrogens is 364 g/mol. The predicted octanol–water partition coefficient (Wildman–Crippen LogP) is 3.61. The third kappa shape index (κ3) is 6.99. The molecule has 7 heteroatoms. The number of amides is 2. The summed E-state index contributed by atoms with van der Waals surface area (Å²) in [4.78, 5) is 35.0. The van der Waals surface area contributed by atoms with Crippen molar-refractivity contribution in [2.75, 3.05) is 16.4 Å². The van der Waals surface area contributed by atoms with Crippen molar-refractivity contribution in [3.8, 4) is 0 Å². The molecule has 0 aromatic heterocycles. The molecule has 2 aromatic carbocycles. The van der Waals surface area contributed by atoms with E-state index in [0.29, 0.717) is 5.69 Å². The number of nitrogens with one attached hydrogen (secondary N) is 2. The Balaban J connectivity index is 1.91. The lowest BCUT2D eigenvalue weighted by molar-refractivity contribution is -0.131. The lowest BCUT2D eigenvalue weighted by Crippen LogP contribution is -2.14. The van der Waals surface area contributed by atoms with Gasteiger partial charge in [0, 0.05) is 28.4 Å². The van der Waals surface area contributed by atoms with E-state index < -0.39 is 11.9 Å². The Kier molecular flexibility index (Phi) is 7.19. The van der Waals surface area contributed by atoms with Crippen molar-refractivity contribution in [3.63, 3.8) is 0 Å². The van der Waals surface area contributed by atoms with Gasteiger partial charge in [0.1, 0.15) is 0 Å². The van der Waals surface area contributed by atoms with Crippen LogP contribution < -0.4 is 10.6 Å². The number of rotatable bonds is 7. The third-order valence-corrected chi connectivity index (χ3v) is 4.50. The first-order valence-corrected chi connectivity index (χ1v) is 9.14. The summed E-state index contributed by atoms with van der Waals surface area (Å²) in [5.74, 6) is -1.62. The van der Waals surface area contributed by atoms with Gasteiger partial charge in [-0.05, 0) is 43.7 Å². The molecule has 0 saturated heterocycles. The van der Waals surface area contributed by atoms with Gasteiger partial charge in [-0.2, -0.15) is 0 Å². The highest BCUT2D eigenvalue weighted by Gasteiger charge is 2.07. The number of carbonyl (C=O) groups is 3. The normalized spacial score (nSPS) is 10.6. The number of anilines is 2. The van der Waals surface area contributed by atoms with Crippen molar-refractivity contribution in [2.45, 2.75) is 18.7 Å². The van der Waals surface area contributed by atoms with Crippen LogP contribution in [0.5, 0.6) is 0 Å². The number of carboxylic acids is 1. The molecule has 2 rings (SSSR count). The smallest absolute Gasteiger partial charge is 0.328 e. The van der Waals surface area contributed by atoms with Gasteiger partial charge in [-0.25, -0.2) is 4.79 Å². The van der Waals surface area contributed by atoms with Crippen LogP contribution in [0.3, 0.4) is 0 Å². The van der Waals surface area contributed by atoms with Gasteiger partial charge in [-0.1, -0.05) is 23.8 Å². The second kappa shape index (κ2) is 9.59. The first-order chi connectivity index (χ1) is 12.8. The van der Waals surface area contributed by atoms with Crippen LogP contribution in [-0.2, 0) is 14.4 Å². The minimum atomic E-state index is -1.19. The van der Waals surface area contributed by atoms with Gasteiger partial charge in [0.15, 0.2) is 0 Å². The van der Waals surface area contributed by atoms with Gasteiger partial charge in [-0.3, -0.25) is 9.59 Å². The van der Waals surface area contributed by atoms with Crippen molar-refractivity contribution in [1.29, 1.82) is 0 Å². The first-order valence-electron chi connectivity index (χ1n) is 8.15. The summed E-state index contributed by atoms with van der Waals surface area (Å²) < 4.78 is 0. The average Bonchev–Trinajstić information content (AvgIpc) is 2.61.